The van der Waals surface area contributed by atoms with Crippen LogP contribution in [0.5, 0.6) is 0 Å². The smallest absolute Gasteiger partial charge is 0.257 e. The Labute approximate surface area is 164 Å². The van der Waals surface area contributed by atoms with Gasteiger partial charge in [0.15, 0.2) is 5.11 Å². The van der Waals surface area contributed by atoms with E-state index in [1.165, 1.54) is 12.8 Å². The van der Waals surface area contributed by atoms with Gasteiger partial charge in [-0.05, 0) is 48.7 Å². The monoisotopic (exact) mass is 396 g/mol. The number of amides is 2. The van der Waals surface area contributed by atoms with E-state index >= 15 is 0 Å². The van der Waals surface area contributed by atoms with Gasteiger partial charge in [0, 0.05) is 16.6 Å². The highest BCUT2D eigenvalue weighted by Crippen LogP contribution is 2.29. The minimum atomic E-state index is -0.394. The molecule has 1 saturated carbocycles. The summed E-state index contributed by atoms with van der Waals surface area (Å²) in [6, 6.07) is 6.83. The van der Waals surface area contributed by atoms with E-state index in [0.29, 0.717) is 33.6 Å². The van der Waals surface area contributed by atoms with Crippen molar-refractivity contribution in [2.75, 3.05) is 6.54 Å². The number of hydrazine groups is 1. The zero-order valence-electron chi connectivity index (χ0n) is 15.0. The number of hydrogen-bond donors (Lipinski definition) is 4. The van der Waals surface area contributed by atoms with Crippen LogP contribution >= 0.6 is 23.8 Å². The molecule has 26 heavy (non-hydrogen) atoms. The van der Waals surface area contributed by atoms with Gasteiger partial charge in [-0.25, -0.2) is 0 Å². The predicted octanol–water partition coefficient (Wildman–Crippen LogP) is 2.39. The maximum Gasteiger partial charge on any atom is 0.257 e. The molecule has 0 unspecified atom stereocenters. The SMILES string of the molecule is C[C@@H]1[C@@H](C)CCC[C@H]1NC(=S)NNC(=O)CNC(=O)c1cccc(Cl)c1. The zero-order chi connectivity index (χ0) is 19.1. The fourth-order valence-corrected chi connectivity index (χ4v) is 3.45. The molecule has 1 fully saturated rings. The van der Waals surface area contributed by atoms with Crippen molar-refractivity contribution in [2.45, 2.75) is 39.2 Å². The normalized spacial score (nSPS) is 22.2. The molecule has 0 heterocycles. The minimum Gasteiger partial charge on any atom is -0.358 e. The Hall–Kier alpha value is -1.86. The Morgan fingerprint density at radius 1 is 1.23 bits per heavy atom. The third kappa shape index (κ3) is 6.14. The minimum absolute atomic E-state index is 0.169. The molecule has 1 aromatic carbocycles. The summed E-state index contributed by atoms with van der Waals surface area (Å²) in [7, 11) is 0. The second-order valence-electron chi connectivity index (χ2n) is 6.71. The van der Waals surface area contributed by atoms with E-state index in [1.54, 1.807) is 24.3 Å². The van der Waals surface area contributed by atoms with Gasteiger partial charge in [-0.3, -0.25) is 20.4 Å². The number of carbonyl (C=O) groups excluding carboxylic acids is 2. The number of halogens is 1. The lowest BCUT2D eigenvalue weighted by Crippen LogP contribution is -2.53. The molecule has 0 aliphatic heterocycles. The molecule has 8 heteroatoms. The zero-order valence-corrected chi connectivity index (χ0v) is 16.5. The first-order valence-corrected chi connectivity index (χ1v) is 9.54. The fourth-order valence-electron chi connectivity index (χ4n) is 3.05. The number of carbonyl (C=O) groups is 2. The summed E-state index contributed by atoms with van der Waals surface area (Å²) in [5.41, 5.74) is 5.57. The van der Waals surface area contributed by atoms with Gasteiger partial charge in [-0.2, -0.15) is 0 Å². The van der Waals surface area contributed by atoms with Crippen LogP contribution in [-0.4, -0.2) is 29.5 Å². The summed E-state index contributed by atoms with van der Waals surface area (Å²) in [5, 5.41) is 6.63. The summed E-state index contributed by atoms with van der Waals surface area (Å²) >= 11 is 11.1. The van der Waals surface area contributed by atoms with Gasteiger partial charge in [0.05, 0.1) is 6.54 Å². The third-order valence-corrected chi connectivity index (χ3v) is 5.29. The van der Waals surface area contributed by atoms with Crippen molar-refractivity contribution in [3.05, 3.63) is 34.9 Å². The summed E-state index contributed by atoms with van der Waals surface area (Å²) in [6.45, 7) is 4.30. The van der Waals surface area contributed by atoms with Crippen LogP contribution in [0.25, 0.3) is 0 Å². The van der Waals surface area contributed by atoms with Crippen molar-refractivity contribution in [3.8, 4) is 0 Å². The van der Waals surface area contributed by atoms with E-state index < -0.39 is 5.91 Å². The highest BCUT2D eigenvalue weighted by molar-refractivity contribution is 7.80. The molecule has 1 aliphatic rings. The van der Waals surface area contributed by atoms with Crippen molar-refractivity contribution >= 4 is 40.7 Å². The second kappa shape index (κ2) is 9.73. The first-order valence-electron chi connectivity index (χ1n) is 8.76. The van der Waals surface area contributed by atoms with Gasteiger partial charge in [0.25, 0.3) is 11.8 Å². The lowest BCUT2D eigenvalue weighted by Gasteiger charge is -2.35. The van der Waals surface area contributed by atoms with E-state index in [9.17, 15) is 9.59 Å². The molecule has 0 saturated heterocycles. The summed E-state index contributed by atoms with van der Waals surface area (Å²) in [5.74, 6) is 0.416. The highest BCUT2D eigenvalue weighted by atomic mass is 35.5. The van der Waals surface area contributed by atoms with Crippen molar-refractivity contribution < 1.29 is 9.59 Å². The van der Waals surface area contributed by atoms with Crippen LogP contribution in [0.15, 0.2) is 24.3 Å². The van der Waals surface area contributed by atoms with Gasteiger partial charge in [-0.1, -0.05) is 44.4 Å². The summed E-state index contributed by atoms with van der Waals surface area (Å²) in [6.07, 6.45) is 3.48. The van der Waals surface area contributed by atoms with E-state index in [2.05, 4.69) is 35.3 Å². The molecule has 6 nitrogen and oxygen atoms in total. The first-order chi connectivity index (χ1) is 12.4. The number of hydrogen-bond acceptors (Lipinski definition) is 3. The average molecular weight is 397 g/mol. The Kier molecular flexibility index (Phi) is 7.66. The Bertz CT molecular complexity index is 670. The standard InChI is InChI=1S/C18H25ClN4O2S/c1-11-5-3-8-15(12(11)2)21-18(26)23-22-16(24)10-20-17(25)13-6-4-7-14(19)9-13/h4,6-7,9,11-12,15H,3,5,8,10H2,1-2H3,(H,20,25)(H,22,24)(H2,21,23,26)/t11-,12+,15+/m0/s1. The van der Waals surface area contributed by atoms with Crippen LogP contribution in [0.3, 0.4) is 0 Å². The average Bonchev–Trinajstić information content (AvgIpc) is 2.61. The molecular weight excluding hydrogens is 372 g/mol. The molecule has 1 aliphatic carbocycles. The largest absolute Gasteiger partial charge is 0.358 e. The van der Waals surface area contributed by atoms with E-state index in [-0.39, 0.29) is 12.5 Å². The van der Waals surface area contributed by atoms with Gasteiger partial charge in [0.1, 0.15) is 0 Å². The van der Waals surface area contributed by atoms with Gasteiger partial charge in [0.2, 0.25) is 0 Å². The maximum absolute atomic E-state index is 12.0. The quantitative estimate of drug-likeness (QED) is 0.464. The molecule has 2 rings (SSSR count). The van der Waals surface area contributed by atoms with Crippen LogP contribution in [0.2, 0.25) is 5.02 Å². The van der Waals surface area contributed by atoms with E-state index in [1.807, 2.05) is 0 Å². The van der Waals surface area contributed by atoms with Crippen LogP contribution in [-0.2, 0) is 4.79 Å². The molecule has 142 valence electrons. The predicted molar refractivity (Wildman–Crippen MR) is 107 cm³/mol. The Morgan fingerprint density at radius 2 is 2.00 bits per heavy atom. The molecule has 0 radical (unpaired) electrons. The summed E-state index contributed by atoms with van der Waals surface area (Å²) in [4.78, 5) is 23.8. The Morgan fingerprint density at radius 3 is 2.73 bits per heavy atom. The van der Waals surface area contributed by atoms with E-state index in [0.717, 1.165) is 6.42 Å². The first kappa shape index (κ1) is 20.5. The van der Waals surface area contributed by atoms with Crippen LogP contribution in [0.4, 0.5) is 0 Å². The molecule has 4 N–H and O–H groups in total. The third-order valence-electron chi connectivity index (χ3n) is 4.84. The summed E-state index contributed by atoms with van der Waals surface area (Å²) < 4.78 is 0. The lowest BCUT2D eigenvalue weighted by atomic mass is 9.78. The number of thiocarbonyl (C=S) groups is 1. The number of nitrogens with one attached hydrogen (secondary N) is 4. The maximum atomic E-state index is 12.0. The lowest BCUT2D eigenvalue weighted by molar-refractivity contribution is -0.120. The Balaban J connectivity index is 1.69. The van der Waals surface area contributed by atoms with E-state index in [4.69, 9.17) is 23.8 Å². The fraction of sp³-hybridized carbons (Fsp3) is 0.500. The molecular formula is C18H25ClN4O2S. The second-order valence-corrected chi connectivity index (χ2v) is 7.56. The highest BCUT2D eigenvalue weighted by Gasteiger charge is 2.27. The molecule has 2 amide bonds. The van der Waals surface area contributed by atoms with Crippen LogP contribution < -0.4 is 21.5 Å². The van der Waals surface area contributed by atoms with Crippen molar-refractivity contribution in [3.63, 3.8) is 0 Å². The van der Waals surface area contributed by atoms with Gasteiger partial charge >= 0.3 is 0 Å². The van der Waals surface area contributed by atoms with Gasteiger partial charge < -0.3 is 10.6 Å². The van der Waals surface area contributed by atoms with Gasteiger partial charge in [-0.15, -0.1) is 0 Å². The number of benzene rings is 1. The van der Waals surface area contributed by atoms with Crippen molar-refractivity contribution in [2.24, 2.45) is 11.8 Å². The number of rotatable bonds is 4. The molecule has 0 aromatic heterocycles. The molecule has 1 aromatic rings. The van der Waals surface area contributed by atoms with Crippen molar-refractivity contribution in [1.82, 2.24) is 21.5 Å². The molecule has 0 bridgehead atoms. The van der Waals surface area contributed by atoms with Crippen LogP contribution in [0.1, 0.15) is 43.5 Å². The topological polar surface area (TPSA) is 82.3 Å². The van der Waals surface area contributed by atoms with Crippen molar-refractivity contribution in [1.29, 1.82) is 0 Å². The van der Waals surface area contributed by atoms with Crippen LogP contribution in [0, 0.1) is 11.8 Å². The molecule has 0 spiro atoms. The molecule has 3 atom stereocenters.